The number of aromatic nitrogens is 1. The van der Waals surface area contributed by atoms with Crippen LogP contribution in [0.4, 0.5) is 0 Å². The van der Waals surface area contributed by atoms with Gasteiger partial charge in [-0.15, -0.1) is 0 Å². The molecule has 0 aliphatic carbocycles. The summed E-state index contributed by atoms with van der Waals surface area (Å²) in [5, 5.41) is 1.05. The number of rotatable bonds is 11. The number of methoxy groups -OCH3 is 1. The summed E-state index contributed by atoms with van der Waals surface area (Å²) in [4.78, 5) is 34.9. The van der Waals surface area contributed by atoms with Gasteiger partial charge in [-0.25, -0.2) is 0 Å². The van der Waals surface area contributed by atoms with Gasteiger partial charge in [-0.1, -0.05) is 43.7 Å². The first-order valence-corrected chi connectivity index (χ1v) is 14.0. The first-order chi connectivity index (χ1) is 18.9. The molecule has 39 heavy (non-hydrogen) atoms. The molecule has 5 rings (SSSR count). The lowest BCUT2D eigenvalue weighted by Gasteiger charge is -2.51. The van der Waals surface area contributed by atoms with E-state index >= 15 is 0 Å². The van der Waals surface area contributed by atoms with E-state index in [-0.39, 0.29) is 24.3 Å². The fourth-order valence-corrected chi connectivity index (χ4v) is 6.11. The lowest BCUT2D eigenvalue weighted by Crippen LogP contribution is -2.67. The van der Waals surface area contributed by atoms with E-state index in [1.807, 2.05) is 50.2 Å². The first-order valence-electron chi connectivity index (χ1n) is 14.0. The second kappa shape index (κ2) is 11.3. The maximum atomic E-state index is 14.2. The molecule has 0 bridgehead atoms. The zero-order valence-electron chi connectivity index (χ0n) is 23.4. The Bertz CT molecular complexity index is 1350. The molecule has 2 aliphatic heterocycles. The highest BCUT2D eigenvalue weighted by Gasteiger charge is 2.56. The zero-order valence-corrected chi connectivity index (χ0v) is 23.4. The maximum Gasteiger partial charge on any atom is 0.254 e. The summed E-state index contributed by atoms with van der Waals surface area (Å²) in [7, 11) is 1.63. The van der Waals surface area contributed by atoms with Crippen LogP contribution in [0.3, 0.4) is 0 Å². The number of H-pyrrole nitrogens is 1. The van der Waals surface area contributed by atoms with Crippen molar-refractivity contribution in [1.29, 1.82) is 0 Å². The second-order valence-corrected chi connectivity index (χ2v) is 10.4. The van der Waals surface area contributed by atoms with Crippen LogP contribution in [0.25, 0.3) is 10.9 Å². The molecule has 1 N–H and O–H groups in total. The molecule has 8 heteroatoms. The van der Waals surface area contributed by atoms with Gasteiger partial charge in [0.1, 0.15) is 0 Å². The number of benzene rings is 2. The van der Waals surface area contributed by atoms with Gasteiger partial charge in [-0.2, -0.15) is 0 Å². The number of carbonyl (C=O) groups is 2. The topological polar surface area (TPSA) is 84.1 Å². The average Bonchev–Trinajstić information content (AvgIpc) is 3.34. The third-order valence-corrected chi connectivity index (χ3v) is 8.07. The Balaban J connectivity index is 1.57. The lowest BCUT2D eigenvalue weighted by molar-refractivity contribution is -0.166. The fourth-order valence-electron chi connectivity index (χ4n) is 6.11. The highest BCUT2D eigenvalue weighted by Crippen LogP contribution is 2.50. The number of hydrogen-bond acceptors (Lipinski definition) is 5. The van der Waals surface area contributed by atoms with Crippen LogP contribution < -0.4 is 9.47 Å². The van der Waals surface area contributed by atoms with E-state index in [0.29, 0.717) is 44.2 Å². The molecular weight excluding hydrogens is 494 g/mol. The summed E-state index contributed by atoms with van der Waals surface area (Å²) in [5.74, 6) is 1.01. The standard InChI is InChI=1S/C31H39N3O5/c1-5-7-17-38-18-11-16-33-20-26(35)34-19-23(21-13-10-15-25(37-4)28(21)39-6-2)27-22-12-8-9-14-24(22)32-29(27)31(34,3)30(33)36/h8-10,12-15,23,32H,5-7,11,16-20H2,1-4H3/t23-,31-/m0/s1. The quantitative estimate of drug-likeness (QED) is 0.358. The Morgan fingerprint density at radius 1 is 1.05 bits per heavy atom. The largest absolute Gasteiger partial charge is 0.493 e. The fraction of sp³-hybridized carbons (Fsp3) is 0.484. The summed E-state index contributed by atoms with van der Waals surface area (Å²) in [6.07, 6.45) is 2.81. The van der Waals surface area contributed by atoms with Crippen molar-refractivity contribution in [2.45, 2.75) is 51.5 Å². The molecule has 0 unspecified atom stereocenters. The third kappa shape index (κ3) is 4.65. The van der Waals surface area contributed by atoms with Crippen LogP contribution in [0.5, 0.6) is 11.5 Å². The van der Waals surface area contributed by atoms with Gasteiger partial charge >= 0.3 is 0 Å². The van der Waals surface area contributed by atoms with E-state index in [1.54, 1.807) is 16.9 Å². The highest BCUT2D eigenvalue weighted by molar-refractivity contribution is 6.01. The van der Waals surface area contributed by atoms with Crippen molar-refractivity contribution in [2.75, 3.05) is 46.6 Å². The number of nitrogens with one attached hydrogen (secondary N) is 1. The molecule has 2 atom stereocenters. The predicted molar refractivity (Wildman–Crippen MR) is 150 cm³/mol. The van der Waals surface area contributed by atoms with Crippen molar-refractivity contribution in [3.05, 3.63) is 59.3 Å². The molecule has 0 spiro atoms. The van der Waals surface area contributed by atoms with Crippen molar-refractivity contribution < 1.29 is 23.8 Å². The van der Waals surface area contributed by atoms with Gasteiger partial charge in [-0.05, 0) is 44.4 Å². The molecule has 0 saturated carbocycles. The molecule has 208 valence electrons. The van der Waals surface area contributed by atoms with Gasteiger partial charge in [-0.3, -0.25) is 9.59 Å². The molecule has 0 radical (unpaired) electrons. The van der Waals surface area contributed by atoms with Crippen LogP contribution in [0.15, 0.2) is 42.5 Å². The zero-order chi connectivity index (χ0) is 27.6. The summed E-state index contributed by atoms with van der Waals surface area (Å²) in [6, 6.07) is 14.0. The van der Waals surface area contributed by atoms with Crippen LogP contribution in [0.2, 0.25) is 0 Å². The maximum absolute atomic E-state index is 14.2. The molecule has 8 nitrogen and oxygen atoms in total. The number of fused-ring (bicyclic) bond motifs is 5. The number of carbonyl (C=O) groups excluding carboxylic acids is 2. The van der Waals surface area contributed by atoms with Gasteiger partial charge < -0.3 is 29.0 Å². The molecule has 1 aromatic heterocycles. The number of piperazine rings is 1. The Morgan fingerprint density at radius 3 is 2.62 bits per heavy atom. The first kappa shape index (κ1) is 27.1. The average molecular weight is 534 g/mol. The normalized spacial score (nSPS) is 20.8. The molecule has 2 amide bonds. The van der Waals surface area contributed by atoms with Crippen LogP contribution >= 0.6 is 0 Å². The van der Waals surface area contributed by atoms with Crippen LogP contribution in [0, 0.1) is 0 Å². The summed E-state index contributed by atoms with van der Waals surface area (Å²) in [5.41, 5.74) is 2.56. The summed E-state index contributed by atoms with van der Waals surface area (Å²) >= 11 is 0. The highest BCUT2D eigenvalue weighted by atomic mass is 16.5. The number of para-hydroxylation sites is 2. The summed E-state index contributed by atoms with van der Waals surface area (Å²) < 4.78 is 17.5. The molecular formula is C31H39N3O5. The number of nitrogens with zero attached hydrogens (tertiary/aromatic N) is 2. The minimum atomic E-state index is -1.13. The van der Waals surface area contributed by atoms with Crippen LogP contribution in [0.1, 0.15) is 62.8 Å². The van der Waals surface area contributed by atoms with Crippen molar-refractivity contribution in [3.63, 3.8) is 0 Å². The molecule has 2 aromatic carbocycles. The van der Waals surface area contributed by atoms with Crippen molar-refractivity contribution in [1.82, 2.24) is 14.8 Å². The van der Waals surface area contributed by atoms with Gasteiger partial charge in [0.2, 0.25) is 5.91 Å². The Kier molecular flexibility index (Phi) is 7.84. The number of amides is 2. The number of ether oxygens (including phenoxy) is 3. The molecule has 3 aromatic rings. The van der Waals surface area contributed by atoms with Gasteiger partial charge in [0.25, 0.3) is 5.91 Å². The Labute approximate surface area is 230 Å². The Hall–Kier alpha value is -3.52. The second-order valence-electron chi connectivity index (χ2n) is 10.4. The van der Waals surface area contributed by atoms with Crippen LogP contribution in [-0.4, -0.2) is 73.2 Å². The SMILES string of the molecule is CCCCOCCCN1CC(=O)N2C[C@@H](c3cccc(OC)c3OCC)c3c([nH]c4ccccc34)[C@@]2(C)C1=O. The van der Waals surface area contributed by atoms with E-state index in [0.717, 1.165) is 47.2 Å². The number of unbranched alkanes of at least 4 members (excludes halogenated alkanes) is 1. The molecule has 1 fully saturated rings. The van der Waals surface area contributed by atoms with Crippen molar-refractivity contribution in [3.8, 4) is 11.5 Å². The monoisotopic (exact) mass is 533 g/mol. The van der Waals surface area contributed by atoms with E-state index in [9.17, 15) is 9.59 Å². The third-order valence-electron chi connectivity index (χ3n) is 8.07. The molecule has 2 aliphatic rings. The molecule has 3 heterocycles. The van der Waals surface area contributed by atoms with Crippen molar-refractivity contribution >= 4 is 22.7 Å². The van der Waals surface area contributed by atoms with E-state index in [2.05, 4.69) is 18.0 Å². The van der Waals surface area contributed by atoms with Gasteiger partial charge in [0.15, 0.2) is 17.0 Å². The smallest absolute Gasteiger partial charge is 0.254 e. The lowest BCUT2D eigenvalue weighted by atomic mass is 9.76. The Morgan fingerprint density at radius 2 is 1.85 bits per heavy atom. The van der Waals surface area contributed by atoms with Crippen LogP contribution in [-0.2, 0) is 19.9 Å². The van der Waals surface area contributed by atoms with Gasteiger partial charge in [0, 0.05) is 48.7 Å². The molecule has 1 saturated heterocycles. The van der Waals surface area contributed by atoms with Gasteiger partial charge in [0.05, 0.1) is 26.0 Å². The van der Waals surface area contributed by atoms with E-state index in [1.165, 1.54) is 0 Å². The van der Waals surface area contributed by atoms with E-state index in [4.69, 9.17) is 14.2 Å². The minimum Gasteiger partial charge on any atom is -0.493 e. The summed E-state index contributed by atoms with van der Waals surface area (Å²) in [6.45, 7) is 8.68. The number of aromatic amines is 1. The predicted octanol–water partition coefficient (Wildman–Crippen LogP) is 4.81. The van der Waals surface area contributed by atoms with Crippen molar-refractivity contribution in [2.24, 2.45) is 0 Å². The minimum absolute atomic E-state index is 0.0563. The number of hydrogen-bond donors (Lipinski definition) is 1. The van der Waals surface area contributed by atoms with E-state index < -0.39 is 5.54 Å².